The Bertz CT molecular complexity index is 511. The predicted octanol–water partition coefficient (Wildman–Crippen LogP) is 1.19. The van der Waals surface area contributed by atoms with Crippen LogP contribution in [0.3, 0.4) is 0 Å². The summed E-state index contributed by atoms with van der Waals surface area (Å²) in [4.78, 5) is 11.4. The van der Waals surface area contributed by atoms with Crippen molar-refractivity contribution < 1.29 is 14.6 Å². The molecule has 0 atom stereocenters. The number of aliphatic hydroxyl groups excluding tert-OH is 1. The van der Waals surface area contributed by atoms with Gasteiger partial charge in [0.25, 0.3) is 5.91 Å². The van der Waals surface area contributed by atoms with Crippen LogP contribution in [0.4, 0.5) is 0 Å². The van der Waals surface area contributed by atoms with Gasteiger partial charge >= 0.3 is 0 Å². The molecule has 1 aromatic carbocycles. The molecule has 0 fully saturated rings. The number of methoxy groups -OCH3 is 1. The summed E-state index contributed by atoms with van der Waals surface area (Å²) < 4.78 is 5.23. The third-order valence-corrected chi connectivity index (χ3v) is 3.23. The lowest BCUT2D eigenvalue weighted by Gasteiger charge is -2.10. The Morgan fingerprint density at radius 3 is 2.95 bits per heavy atom. The summed E-state index contributed by atoms with van der Waals surface area (Å²) in [6.45, 7) is 2.10. The standard InChI is InChI=1S/C14H18N2O3/c1-3-10-4-5-11(19-2)8-12(10)13-6-7-16(15-13)14(18)9-17/h4-5,8,17H,3,6-7,9H2,1-2H3. The van der Waals surface area contributed by atoms with E-state index >= 15 is 0 Å². The third kappa shape index (κ3) is 2.76. The van der Waals surface area contributed by atoms with Gasteiger partial charge in [0, 0.05) is 12.0 Å². The van der Waals surface area contributed by atoms with Gasteiger partial charge in [-0.1, -0.05) is 13.0 Å². The highest BCUT2D eigenvalue weighted by Gasteiger charge is 2.22. The van der Waals surface area contributed by atoms with Crippen molar-refractivity contribution in [1.82, 2.24) is 5.01 Å². The summed E-state index contributed by atoms with van der Waals surface area (Å²) in [5.41, 5.74) is 3.07. The van der Waals surface area contributed by atoms with E-state index in [2.05, 4.69) is 12.0 Å². The zero-order chi connectivity index (χ0) is 13.8. The number of nitrogens with zero attached hydrogens (tertiary/aromatic N) is 2. The van der Waals surface area contributed by atoms with Crippen molar-refractivity contribution in [2.24, 2.45) is 5.10 Å². The van der Waals surface area contributed by atoms with Gasteiger partial charge in [-0.05, 0) is 24.1 Å². The normalized spacial score (nSPS) is 14.5. The lowest BCUT2D eigenvalue weighted by molar-refractivity contribution is -0.133. The summed E-state index contributed by atoms with van der Waals surface area (Å²) in [6, 6.07) is 5.90. The summed E-state index contributed by atoms with van der Waals surface area (Å²) >= 11 is 0. The van der Waals surface area contributed by atoms with Crippen LogP contribution in [-0.4, -0.2) is 42.0 Å². The smallest absolute Gasteiger partial charge is 0.268 e. The number of amides is 1. The molecule has 5 heteroatoms. The zero-order valence-electron chi connectivity index (χ0n) is 11.2. The summed E-state index contributed by atoms with van der Waals surface area (Å²) in [6.07, 6.45) is 1.60. The molecule has 0 bridgehead atoms. The van der Waals surface area contributed by atoms with E-state index in [-0.39, 0.29) is 5.91 Å². The average Bonchev–Trinajstić information content (AvgIpc) is 2.95. The van der Waals surface area contributed by atoms with Gasteiger partial charge in [-0.2, -0.15) is 5.10 Å². The summed E-state index contributed by atoms with van der Waals surface area (Å²) in [5, 5.41) is 14.5. The van der Waals surface area contributed by atoms with Gasteiger partial charge in [-0.15, -0.1) is 0 Å². The topological polar surface area (TPSA) is 62.1 Å². The molecule has 0 aromatic heterocycles. The van der Waals surface area contributed by atoms with E-state index in [4.69, 9.17) is 9.84 Å². The Hall–Kier alpha value is -1.88. The van der Waals surface area contributed by atoms with Crippen molar-refractivity contribution in [3.8, 4) is 5.75 Å². The molecule has 1 aliphatic heterocycles. The number of rotatable bonds is 4. The molecule has 2 rings (SSSR count). The van der Waals surface area contributed by atoms with Gasteiger partial charge in [0.05, 0.1) is 19.4 Å². The van der Waals surface area contributed by atoms with Crippen molar-refractivity contribution in [2.45, 2.75) is 19.8 Å². The maximum Gasteiger partial charge on any atom is 0.268 e. The second-order valence-electron chi connectivity index (χ2n) is 4.35. The van der Waals surface area contributed by atoms with E-state index < -0.39 is 6.61 Å². The minimum Gasteiger partial charge on any atom is -0.497 e. The average molecular weight is 262 g/mol. The number of benzene rings is 1. The Labute approximate surface area is 112 Å². The third-order valence-electron chi connectivity index (χ3n) is 3.23. The Morgan fingerprint density at radius 1 is 1.53 bits per heavy atom. The summed E-state index contributed by atoms with van der Waals surface area (Å²) in [5.74, 6) is 0.415. The number of hydrazone groups is 1. The summed E-state index contributed by atoms with van der Waals surface area (Å²) in [7, 11) is 1.63. The maximum atomic E-state index is 11.4. The number of aryl methyl sites for hydroxylation is 1. The van der Waals surface area contributed by atoms with Crippen molar-refractivity contribution in [3.63, 3.8) is 0 Å². The van der Waals surface area contributed by atoms with Crippen LogP contribution in [0.25, 0.3) is 0 Å². The molecule has 0 saturated carbocycles. The quantitative estimate of drug-likeness (QED) is 0.886. The Morgan fingerprint density at radius 2 is 2.32 bits per heavy atom. The highest BCUT2D eigenvalue weighted by atomic mass is 16.5. The lowest BCUT2D eigenvalue weighted by atomic mass is 9.99. The fourth-order valence-corrected chi connectivity index (χ4v) is 2.17. The van der Waals surface area contributed by atoms with E-state index in [9.17, 15) is 4.79 Å². The monoisotopic (exact) mass is 262 g/mol. The van der Waals surface area contributed by atoms with Gasteiger partial charge in [-0.25, -0.2) is 5.01 Å². The first-order chi connectivity index (χ1) is 9.19. The molecular weight excluding hydrogens is 244 g/mol. The molecule has 0 radical (unpaired) electrons. The highest BCUT2D eigenvalue weighted by molar-refractivity contribution is 6.04. The molecule has 1 aliphatic rings. The number of hydrogen-bond donors (Lipinski definition) is 1. The molecule has 102 valence electrons. The second-order valence-corrected chi connectivity index (χ2v) is 4.35. The van der Waals surface area contributed by atoms with E-state index in [1.807, 2.05) is 18.2 Å². The molecule has 19 heavy (non-hydrogen) atoms. The minimum atomic E-state index is -0.504. The van der Waals surface area contributed by atoms with Gasteiger partial charge in [-0.3, -0.25) is 4.79 Å². The SMILES string of the molecule is CCc1ccc(OC)cc1C1=NN(C(=O)CO)CC1. The van der Waals surface area contributed by atoms with E-state index in [0.29, 0.717) is 13.0 Å². The molecule has 5 nitrogen and oxygen atoms in total. The molecule has 1 heterocycles. The molecule has 0 unspecified atom stereocenters. The number of hydrogen-bond acceptors (Lipinski definition) is 4. The van der Waals surface area contributed by atoms with Crippen LogP contribution in [0.1, 0.15) is 24.5 Å². The highest BCUT2D eigenvalue weighted by Crippen LogP contribution is 2.23. The number of carbonyl (C=O) groups excluding carboxylic acids is 1. The van der Waals surface area contributed by atoms with Gasteiger partial charge in [0.2, 0.25) is 0 Å². The molecule has 1 aromatic rings. The first kappa shape index (κ1) is 13.5. The first-order valence-corrected chi connectivity index (χ1v) is 6.35. The zero-order valence-corrected chi connectivity index (χ0v) is 11.2. The predicted molar refractivity (Wildman–Crippen MR) is 72.3 cm³/mol. The van der Waals surface area contributed by atoms with Crippen LogP contribution in [0.15, 0.2) is 23.3 Å². The molecule has 0 spiro atoms. The molecule has 0 aliphatic carbocycles. The van der Waals surface area contributed by atoms with Crippen LogP contribution >= 0.6 is 0 Å². The van der Waals surface area contributed by atoms with Crippen molar-refractivity contribution in [2.75, 3.05) is 20.3 Å². The van der Waals surface area contributed by atoms with E-state index in [1.165, 1.54) is 10.6 Å². The van der Waals surface area contributed by atoms with Crippen molar-refractivity contribution >= 4 is 11.6 Å². The van der Waals surface area contributed by atoms with Gasteiger partial charge in [0.1, 0.15) is 12.4 Å². The van der Waals surface area contributed by atoms with Crippen LogP contribution < -0.4 is 4.74 Å². The van der Waals surface area contributed by atoms with Crippen LogP contribution in [0, 0.1) is 0 Å². The van der Waals surface area contributed by atoms with Crippen LogP contribution in [-0.2, 0) is 11.2 Å². The van der Waals surface area contributed by atoms with E-state index in [0.717, 1.165) is 23.4 Å². The fraction of sp³-hybridized carbons (Fsp3) is 0.429. The Balaban J connectivity index is 2.33. The Kier molecular flexibility index (Phi) is 4.16. The second kappa shape index (κ2) is 5.84. The molecule has 1 N–H and O–H groups in total. The van der Waals surface area contributed by atoms with Crippen LogP contribution in [0.2, 0.25) is 0 Å². The number of carbonyl (C=O) groups is 1. The fourth-order valence-electron chi connectivity index (χ4n) is 2.17. The number of ether oxygens (including phenoxy) is 1. The van der Waals surface area contributed by atoms with Crippen molar-refractivity contribution in [3.05, 3.63) is 29.3 Å². The molecule has 1 amide bonds. The lowest BCUT2D eigenvalue weighted by Crippen LogP contribution is -2.26. The van der Waals surface area contributed by atoms with Gasteiger partial charge in [0.15, 0.2) is 0 Å². The first-order valence-electron chi connectivity index (χ1n) is 6.35. The molecule has 0 saturated heterocycles. The number of aliphatic hydroxyl groups is 1. The van der Waals surface area contributed by atoms with Gasteiger partial charge < -0.3 is 9.84 Å². The largest absolute Gasteiger partial charge is 0.497 e. The molecular formula is C14H18N2O3. The van der Waals surface area contributed by atoms with E-state index in [1.54, 1.807) is 7.11 Å². The minimum absolute atomic E-state index is 0.365. The maximum absolute atomic E-state index is 11.4. The van der Waals surface area contributed by atoms with Crippen LogP contribution in [0.5, 0.6) is 5.75 Å². The van der Waals surface area contributed by atoms with Crippen molar-refractivity contribution in [1.29, 1.82) is 0 Å².